The molecule has 0 aromatic heterocycles. The van der Waals surface area contributed by atoms with Gasteiger partial charge in [-0.15, -0.1) is 0 Å². The molecule has 4 heteroatoms. The monoisotopic (exact) mass is 324 g/mol. The summed E-state index contributed by atoms with van der Waals surface area (Å²) in [5, 5.41) is 0. The number of hydrogen-bond donors (Lipinski definition) is 0. The van der Waals surface area contributed by atoms with Gasteiger partial charge in [0.2, 0.25) is 0 Å². The van der Waals surface area contributed by atoms with Crippen LogP contribution in [0.1, 0.15) is 45.7 Å². The average Bonchev–Trinajstić information content (AvgIpc) is 2.53. The van der Waals surface area contributed by atoms with E-state index in [-0.39, 0.29) is 17.5 Å². The Bertz CT molecular complexity index is 735. The molecule has 2 aliphatic heterocycles. The predicted octanol–water partition coefficient (Wildman–Crippen LogP) is 2.96. The summed E-state index contributed by atoms with van der Waals surface area (Å²) in [5.41, 5.74) is 1.97. The third-order valence-electron chi connectivity index (χ3n) is 5.17. The minimum Gasteiger partial charge on any atom is -0.493 e. The van der Waals surface area contributed by atoms with Crippen molar-refractivity contribution >= 4 is 0 Å². The summed E-state index contributed by atoms with van der Waals surface area (Å²) < 4.78 is 54.7. The average molecular weight is 324 g/mol. The highest BCUT2D eigenvalue weighted by Gasteiger charge is 2.36. The fourth-order valence-corrected chi connectivity index (χ4v) is 3.98. The van der Waals surface area contributed by atoms with Gasteiger partial charge in [-0.3, -0.25) is 4.90 Å². The molecule has 128 valence electrons. The smallest absolute Gasteiger partial charge is 0.161 e. The molecule has 1 aromatic carbocycles. The zero-order valence-corrected chi connectivity index (χ0v) is 14.1. The summed E-state index contributed by atoms with van der Waals surface area (Å²) in [6, 6.07) is 3.91. The first-order valence-electron chi connectivity index (χ1n) is 11.3. The van der Waals surface area contributed by atoms with Crippen LogP contribution in [0.2, 0.25) is 0 Å². The van der Waals surface area contributed by atoms with Gasteiger partial charge in [0.25, 0.3) is 0 Å². The topological polar surface area (TPSA) is 24.9 Å². The van der Waals surface area contributed by atoms with Crippen LogP contribution in [-0.4, -0.2) is 56.6 Å². The molecule has 1 fully saturated rings. The molecule has 0 radical (unpaired) electrons. The Kier molecular flexibility index (Phi) is 3.08. The highest BCUT2D eigenvalue weighted by atomic mass is 16.5. The number of fused-ring (bicyclic) bond motifs is 3. The molecule has 1 aromatic rings. The van der Waals surface area contributed by atoms with Crippen molar-refractivity contribution in [2.75, 3.05) is 40.8 Å². The molecule has 23 heavy (non-hydrogen) atoms. The minimum absolute atomic E-state index is 0.0461. The van der Waals surface area contributed by atoms with Gasteiger partial charge in [0.05, 0.1) is 22.3 Å². The van der Waals surface area contributed by atoms with Gasteiger partial charge in [0, 0.05) is 31.7 Å². The second-order valence-corrected chi connectivity index (χ2v) is 7.19. The lowest BCUT2D eigenvalue weighted by Crippen LogP contribution is -2.55. The number of rotatable bonds is 4. The number of methoxy groups -OCH3 is 2. The largest absolute Gasteiger partial charge is 0.493 e. The molecule has 2 heterocycles. The number of piperazine rings is 1. The molecule has 0 unspecified atom stereocenters. The van der Waals surface area contributed by atoms with Crippen molar-refractivity contribution in [3.8, 4) is 11.5 Å². The lowest BCUT2D eigenvalue weighted by Gasteiger charge is -2.48. The third kappa shape index (κ3) is 3.20. The zero-order chi connectivity index (χ0) is 21.6. The van der Waals surface area contributed by atoms with Gasteiger partial charge >= 0.3 is 0 Å². The van der Waals surface area contributed by atoms with Gasteiger partial charge < -0.3 is 14.4 Å². The van der Waals surface area contributed by atoms with Crippen LogP contribution in [0, 0.1) is 5.92 Å². The Balaban J connectivity index is 1.94. The maximum atomic E-state index is 7.44. The minimum atomic E-state index is -2.69. The zero-order valence-electron chi connectivity index (χ0n) is 20.1. The number of benzene rings is 1. The van der Waals surface area contributed by atoms with Gasteiger partial charge in [0.1, 0.15) is 0 Å². The normalized spacial score (nSPS) is 30.1. The second-order valence-electron chi connectivity index (χ2n) is 7.19. The van der Waals surface area contributed by atoms with E-state index in [1.807, 2.05) is 0 Å². The van der Waals surface area contributed by atoms with Crippen molar-refractivity contribution in [2.45, 2.75) is 38.8 Å². The van der Waals surface area contributed by atoms with Crippen LogP contribution in [0.25, 0.3) is 0 Å². The van der Waals surface area contributed by atoms with Gasteiger partial charge in [-0.25, -0.2) is 0 Å². The fraction of sp³-hybridized carbons (Fsp3) is 0.684. The van der Waals surface area contributed by atoms with E-state index in [1.165, 1.54) is 0 Å². The van der Waals surface area contributed by atoms with E-state index in [0.717, 1.165) is 43.6 Å². The number of nitrogens with zero attached hydrogens (tertiary/aromatic N) is 2. The summed E-state index contributed by atoms with van der Waals surface area (Å²) >= 11 is 0. The van der Waals surface area contributed by atoms with Crippen molar-refractivity contribution in [1.29, 1.82) is 0 Å². The molecular formula is C19H30N2O2. The van der Waals surface area contributed by atoms with Crippen molar-refractivity contribution in [3.63, 3.8) is 0 Å². The van der Waals surface area contributed by atoms with Crippen molar-refractivity contribution < 1.29 is 17.7 Å². The van der Waals surface area contributed by atoms with Crippen LogP contribution in [0.4, 0.5) is 0 Å². The van der Waals surface area contributed by atoms with Gasteiger partial charge in [-0.05, 0) is 49.1 Å². The SMILES string of the molecule is [2H]C([2H])([2H])Oc1cc2c(cc1OC([2H])([2H])[2H])[C@H]1CN(C)[C@H](CC(C)C)CN1CC2. The van der Waals surface area contributed by atoms with E-state index in [1.54, 1.807) is 12.1 Å². The third-order valence-corrected chi connectivity index (χ3v) is 5.17. The predicted molar refractivity (Wildman–Crippen MR) is 93.4 cm³/mol. The van der Waals surface area contributed by atoms with Gasteiger partial charge in [0.15, 0.2) is 11.5 Å². The van der Waals surface area contributed by atoms with Crippen LogP contribution in [0.15, 0.2) is 12.1 Å². The molecule has 1 saturated heterocycles. The fourth-order valence-electron chi connectivity index (χ4n) is 3.98. The molecule has 3 rings (SSSR count). The highest BCUT2D eigenvalue weighted by Crippen LogP contribution is 2.40. The number of likely N-dealkylation sites (N-methyl/N-ethyl adjacent to an activating group) is 1. The molecule has 0 saturated carbocycles. The van der Waals surface area contributed by atoms with Crippen molar-refractivity contribution in [2.24, 2.45) is 5.92 Å². The first-order valence-corrected chi connectivity index (χ1v) is 8.31. The van der Waals surface area contributed by atoms with Gasteiger partial charge in [-0.1, -0.05) is 13.8 Å². The molecule has 2 aliphatic rings. The summed E-state index contributed by atoms with van der Waals surface area (Å²) in [4.78, 5) is 4.81. The number of hydrogen-bond acceptors (Lipinski definition) is 4. The van der Waals surface area contributed by atoms with E-state index in [4.69, 9.17) is 17.7 Å². The summed E-state index contributed by atoms with van der Waals surface area (Å²) in [6.07, 6.45) is 1.89. The standard InChI is InChI=1S/C19H30N2O2/c1-13(2)8-15-11-21-7-6-14-9-18(22-4)19(23-5)10-16(14)17(21)12-20(15)3/h9-10,13,15,17H,6-8,11-12H2,1-5H3/t15-,17-/m1/s1/i4D3,5D3. The Hall–Kier alpha value is -1.26. The van der Waals surface area contributed by atoms with Crippen LogP contribution < -0.4 is 9.47 Å². The van der Waals surface area contributed by atoms with E-state index in [0.29, 0.717) is 12.0 Å². The maximum Gasteiger partial charge on any atom is 0.161 e. The van der Waals surface area contributed by atoms with Crippen LogP contribution in [0.3, 0.4) is 0 Å². The molecule has 0 N–H and O–H groups in total. The van der Waals surface area contributed by atoms with Gasteiger partial charge in [-0.2, -0.15) is 0 Å². The number of ether oxygens (including phenoxy) is 2. The maximum absolute atomic E-state index is 7.44. The van der Waals surface area contributed by atoms with E-state index in [9.17, 15) is 0 Å². The van der Waals surface area contributed by atoms with Crippen LogP contribution in [0.5, 0.6) is 11.5 Å². The molecule has 0 bridgehead atoms. The van der Waals surface area contributed by atoms with Crippen LogP contribution in [-0.2, 0) is 6.42 Å². The Morgan fingerprint density at radius 3 is 2.65 bits per heavy atom. The Morgan fingerprint density at radius 1 is 1.22 bits per heavy atom. The lowest BCUT2D eigenvalue weighted by atomic mass is 9.88. The van der Waals surface area contributed by atoms with Crippen LogP contribution >= 0.6 is 0 Å². The first-order chi connectivity index (χ1) is 13.3. The van der Waals surface area contributed by atoms with E-state index in [2.05, 4.69) is 30.7 Å². The molecule has 2 atom stereocenters. The second kappa shape index (κ2) is 6.70. The van der Waals surface area contributed by atoms with Crippen molar-refractivity contribution in [3.05, 3.63) is 23.3 Å². The molecule has 0 amide bonds. The molecular weight excluding hydrogens is 288 g/mol. The molecule has 0 aliphatic carbocycles. The Labute approximate surface area is 148 Å². The lowest BCUT2D eigenvalue weighted by molar-refractivity contribution is 0.0294. The summed E-state index contributed by atoms with van der Waals surface area (Å²) in [5.74, 6) is 0.527. The quantitative estimate of drug-likeness (QED) is 0.850. The van der Waals surface area contributed by atoms with E-state index >= 15 is 0 Å². The summed E-state index contributed by atoms with van der Waals surface area (Å²) in [6.45, 7) is 7.14. The summed E-state index contributed by atoms with van der Waals surface area (Å²) in [7, 11) is -3.25. The van der Waals surface area contributed by atoms with Crippen molar-refractivity contribution in [1.82, 2.24) is 9.80 Å². The van der Waals surface area contributed by atoms with E-state index < -0.39 is 14.1 Å². The highest BCUT2D eigenvalue weighted by molar-refractivity contribution is 5.49. The first kappa shape index (κ1) is 10.6. The molecule has 0 spiro atoms. The Morgan fingerprint density at radius 2 is 1.96 bits per heavy atom. The molecule has 4 nitrogen and oxygen atoms in total.